The molecule has 6 aromatic rings. The van der Waals surface area contributed by atoms with E-state index in [0.717, 1.165) is 95.1 Å². The van der Waals surface area contributed by atoms with Crippen molar-refractivity contribution in [2.45, 2.75) is 77.8 Å². The molecule has 288 valence electrons. The number of aromatic nitrogens is 4. The average molecular weight is 770 g/mol. The van der Waals surface area contributed by atoms with Crippen LogP contribution in [0.3, 0.4) is 0 Å². The first kappa shape index (κ1) is 38.4. The first-order valence-corrected chi connectivity index (χ1v) is 20.3. The van der Waals surface area contributed by atoms with Gasteiger partial charge in [-0.25, -0.2) is 9.97 Å². The van der Waals surface area contributed by atoms with Crippen LogP contribution in [0.1, 0.15) is 94.6 Å². The van der Waals surface area contributed by atoms with Crippen LogP contribution < -0.4 is 15.5 Å². The maximum Gasteiger partial charge on any atom is 0.303 e. The Morgan fingerprint density at radius 3 is 2.38 bits per heavy atom. The summed E-state index contributed by atoms with van der Waals surface area (Å²) >= 11 is 1.45. The molecular weight excluding hydrogens is 723 g/mol. The van der Waals surface area contributed by atoms with Gasteiger partial charge in [0, 0.05) is 48.4 Å². The highest BCUT2D eigenvalue weighted by atomic mass is 32.1. The Balaban J connectivity index is 1.08. The van der Waals surface area contributed by atoms with E-state index in [4.69, 9.17) is 15.2 Å². The number of carboxylic acid groups (broad SMARTS) is 1. The number of carbonyl (C=O) groups is 3. The van der Waals surface area contributed by atoms with E-state index in [-0.39, 0.29) is 18.2 Å². The number of para-hydroxylation sites is 1. The van der Waals surface area contributed by atoms with E-state index in [1.807, 2.05) is 84.5 Å². The molecule has 0 atom stereocenters. The Morgan fingerprint density at radius 2 is 1.57 bits per heavy atom. The summed E-state index contributed by atoms with van der Waals surface area (Å²) in [5, 5.41) is 20.3. The molecule has 0 saturated carbocycles. The zero-order valence-electron chi connectivity index (χ0n) is 31.7. The molecule has 3 aromatic heterocycles. The molecule has 12 heteroatoms. The van der Waals surface area contributed by atoms with Crippen LogP contribution in [0.4, 0.5) is 10.9 Å². The number of aliphatic carboxylic acids is 1. The lowest BCUT2D eigenvalue weighted by Gasteiger charge is -2.31. The van der Waals surface area contributed by atoms with Gasteiger partial charge in [-0.05, 0) is 73.2 Å². The van der Waals surface area contributed by atoms with Gasteiger partial charge in [-0.1, -0.05) is 98.0 Å². The number of carbonyl (C=O) groups excluding carboxylic acids is 2. The van der Waals surface area contributed by atoms with Crippen molar-refractivity contribution in [1.29, 1.82) is 0 Å². The van der Waals surface area contributed by atoms with E-state index in [1.165, 1.54) is 11.3 Å². The van der Waals surface area contributed by atoms with Crippen molar-refractivity contribution in [3.8, 4) is 11.1 Å². The van der Waals surface area contributed by atoms with Crippen molar-refractivity contribution in [2.75, 3.05) is 23.3 Å². The molecule has 2 amide bonds. The fraction of sp³-hybridized carbons (Fsp3) is 0.318. The second kappa shape index (κ2) is 18.2. The van der Waals surface area contributed by atoms with Gasteiger partial charge in [0.25, 0.3) is 11.8 Å². The third-order valence-corrected chi connectivity index (χ3v) is 11.3. The van der Waals surface area contributed by atoms with Gasteiger partial charge in [-0.3, -0.25) is 24.4 Å². The van der Waals surface area contributed by atoms with Gasteiger partial charge in [0.05, 0.1) is 23.0 Å². The van der Waals surface area contributed by atoms with Crippen LogP contribution in [-0.2, 0) is 24.3 Å². The van der Waals surface area contributed by atoms with E-state index < -0.39 is 5.97 Å². The summed E-state index contributed by atoms with van der Waals surface area (Å²) in [5.74, 6) is -0.508. The zero-order chi connectivity index (χ0) is 38.9. The normalized spacial score (nSPS) is 12.4. The van der Waals surface area contributed by atoms with Crippen LogP contribution in [0, 0.1) is 6.92 Å². The van der Waals surface area contributed by atoms with Gasteiger partial charge in [0.1, 0.15) is 11.5 Å². The highest BCUT2D eigenvalue weighted by Crippen LogP contribution is 2.32. The molecule has 1 aliphatic heterocycles. The largest absolute Gasteiger partial charge is 0.481 e. The molecule has 56 heavy (non-hydrogen) atoms. The minimum Gasteiger partial charge on any atom is -0.481 e. The van der Waals surface area contributed by atoms with Crippen LogP contribution in [0.15, 0.2) is 91.1 Å². The van der Waals surface area contributed by atoms with Gasteiger partial charge in [-0.2, -0.15) is 5.10 Å². The van der Waals surface area contributed by atoms with E-state index in [1.54, 1.807) is 0 Å². The molecule has 4 heterocycles. The van der Waals surface area contributed by atoms with E-state index >= 15 is 0 Å². The second-order valence-corrected chi connectivity index (χ2v) is 15.3. The molecule has 1 aliphatic rings. The van der Waals surface area contributed by atoms with Crippen LogP contribution in [0.2, 0.25) is 0 Å². The second-order valence-electron chi connectivity index (χ2n) is 14.3. The van der Waals surface area contributed by atoms with Gasteiger partial charge in [0.2, 0.25) is 0 Å². The molecule has 11 nitrogen and oxygen atoms in total. The Bertz CT molecular complexity index is 2290. The Morgan fingerprint density at radius 1 is 0.804 bits per heavy atom. The Kier molecular flexibility index (Phi) is 12.5. The number of carboxylic acids is 1. The average Bonchev–Trinajstić information content (AvgIpc) is 3.79. The quantitative estimate of drug-likeness (QED) is 0.0783. The molecule has 0 spiro atoms. The number of hydrogen-bond acceptors (Lipinski definition) is 8. The summed E-state index contributed by atoms with van der Waals surface area (Å²) in [6.07, 6.45) is 9.35. The predicted octanol–water partition coefficient (Wildman–Crippen LogP) is 8.66. The molecule has 0 bridgehead atoms. The predicted molar refractivity (Wildman–Crippen MR) is 221 cm³/mol. The molecule has 0 radical (unpaired) electrons. The number of nitrogens with zero attached hydrogens (tertiary/aromatic N) is 5. The lowest BCUT2D eigenvalue weighted by Crippen LogP contribution is -2.34. The molecule has 0 unspecified atom stereocenters. The topological polar surface area (TPSA) is 142 Å². The standard InChI is InChI=1S/C44H47N7O4S/c1-30-35(27-46-51(30)28-31-15-8-7-9-16-31)33-22-23-39(48-41(33)43(55)45-25-13-6-4-2-3-5-10-21-40(52)53)50-26-24-32-17-14-18-34(36(32)29-50)42(54)49-44-47-37-19-11-12-20-38(37)56-44/h7-9,11-12,14-20,22-23,27H,2-6,10,13,21,24-26,28-29H2,1H3,(H,45,55)(H,52,53)(H,47,49,54). The maximum atomic E-state index is 14.0. The highest BCUT2D eigenvalue weighted by Gasteiger charge is 2.26. The molecule has 0 saturated heterocycles. The number of unbranched alkanes of at least 4 members (excludes halogenated alkanes) is 6. The number of fused-ring (bicyclic) bond motifs is 2. The van der Waals surface area contributed by atoms with E-state index in [2.05, 4.69) is 38.7 Å². The fourth-order valence-electron chi connectivity index (χ4n) is 7.29. The molecule has 0 fully saturated rings. The maximum absolute atomic E-state index is 14.0. The van der Waals surface area contributed by atoms with Gasteiger partial charge >= 0.3 is 5.97 Å². The summed E-state index contributed by atoms with van der Waals surface area (Å²) in [4.78, 5) is 50.2. The number of thiazole rings is 1. The fourth-order valence-corrected chi connectivity index (χ4v) is 8.15. The number of hydrogen-bond donors (Lipinski definition) is 3. The third kappa shape index (κ3) is 9.31. The highest BCUT2D eigenvalue weighted by molar-refractivity contribution is 7.22. The minimum atomic E-state index is -0.739. The summed E-state index contributed by atoms with van der Waals surface area (Å²) < 4.78 is 2.96. The van der Waals surface area contributed by atoms with Crippen LogP contribution in [0.5, 0.6) is 0 Å². The molecule has 3 N–H and O–H groups in total. The summed E-state index contributed by atoms with van der Waals surface area (Å²) in [7, 11) is 0. The summed E-state index contributed by atoms with van der Waals surface area (Å²) in [5.41, 5.74) is 7.50. The molecule has 0 aliphatic carbocycles. The Hall–Kier alpha value is -5.88. The first-order chi connectivity index (χ1) is 27.3. The Labute approximate surface area is 330 Å². The van der Waals surface area contributed by atoms with Crippen LogP contribution >= 0.6 is 11.3 Å². The number of benzene rings is 3. The first-order valence-electron chi connectivity index (χ1n) is 19.4. The smallest absolute Gasteiger partial charge is 0.303 e. The van der Waals surface area contributed by atoms with Gasteiger partial charge in [0.15, 0.2) is 5.13 Å². The number of nitrogens with one attached hydrogen (secondary N) is 2. The SMILES string of the molecule is Cc1c(-c2ccc(N3CCc4cccc(C(=O)Nc5nc6ccccc6s5)c4C3)nc2C(=O)NCCCCCCCCCC(=O)O)cnn1Cc1ccccc1. The van der Waals surface area contributed by atoms with Gasteiger partial charge < -0.3 is 15.3 Å². The lowest BCUT2D eigenvalue weighted by atomic mass is 9.94. The molecule has 3 aromatic carbocycles. The number of anilines is 2. The number of amides is 2. The van der Waals surface area contributed by atoms with Crippen LogP contribution in [-0.4, -0.2) is 55.7 Å². The molecular formula is C44H47N7O4S. The van der Waals surface area contributed by atoms with Crippen molar-refractivity contribution in [3.63, 3.8) is 0 Å². The van der Waals surface area contributed by atoms with Crippen LogP contribution in [0.25, 0.3) is 21.3 Å². The van der Waals surface area contributed by atoms with Crippen molar-refractivity contribution < 1.29 is 19.5 Å². The third-order valence-electron chi connectivity index (χ3n) is 10.4. The minimum absolute atomic E-state index is 0.202. The van der Waals surface area contributed by atoms with Crippen molar-refractivity contribution in [3.05, 3.63) is 125 Å². The number of rotatable bonds is 17. The van der Waals surface area contributed by atoms with Crippen molar-refractivity contribution in [1.82, 2.24) is 25.1 Å². The zero-order valence-corrected chi connectivity index (χ0v) is 32.5. The van der Waals surface area contributed by atoms with E-state index in [0.29, 0.717) is 48.4 Å². The summed E-state index contributed by atoms with van der Waals surface area (Å²) in [6.45, 7) is 4.32. The lowest BCUT2D eigenvalue weighted by molar-refractivity contribution is -0.137. The van der Waals surface area contributed by atoms with Crippen molar-refractivity contribution >= 4 is 50.3 Å². The van der Waals surface area contributed by atoms with Gasteiger partial charge in [-0.15, -0.1) is 0 Å². The number of pyridine rings is 1. The van der Waals surface area contributed by atoms with E-state index in [9.17, 15) is 14.4 Å². The monoisotopic (exact) mass is 769 g/mol. The summed E-state index contributed by atoms with van der Waals surface area (Å²) in [6, 6.07) is 27.8. The van der Waals surface area contributed by atoms with Crippen molar-refractivity contribution in [2.24, 2.45) is 0 Å². The molecule has 7 rings (SSSR count).